The summed E-state index contributed by atoms with van der Waals surface area (Å²) in [4.78, 5) is 11.3. The molecule has 0 aliphatic heterocycles. The molecule has 2 aromatic rings. The van der Waals surface area contributed by atoms with Crippen molar-refractivity contribution in [3.05, 3.63) is 46.5 Å². The van der Waals surface area contributed by atoms with E-state index in [1.807, 2.05) is 0 Å². The lowest BCUT2D eigenvalue weighted by Gasteiger charge is -2.04. The van der Waals surface area contributed by atoms with Crippen LogP contribution in [0.5, 0.6) is 0 Å². The molecule has 1 heterocycles. The molecule has 5 nitrogen and oxygen atoms in total. The fraction of sp³-hybridized carbons (Fsp3) is 0.167. The van der Waals surface area contributed by atoms with E-state index < -0.39 is 11.8 Å². The van der Waals surface area contributed by atoms with Crippen LogP contribution >= 0.6 is 11.6 Å². The minimum atomic E-state index is -0.636. The maximum Gasteiger partial charge on any atom is 0.360 e. The Labute approximate surface area is 113 Å². The third-order valence-corrected chi connectivity index (χ3v) is 2.74. The van der Waals surface area contributed by atoms with E-state index in [4.69, 9.17) is 17.3 Å². The Balaban J connectivity index is 2.29. The number of hydrogen-bond acceptors (Lipinski definition) is 4. The van der Waals surface area contributed by atoms with Crippen LogP contribution in [0.2, 0.25) is 5.02 Å². The molecule has 0 bridgehead atoms. The van der Waals surface area contributed by atoms with Crippen molar-refractivity contribution < 1.29 is 13.9 Å². The molecule has 0 unspecified atom stereocenters. The molecular weight excluding hydrogens is 273 g/mol. The number of benzene rings is 1. The minimum absolute atomic E-state index is 0.00457. The van der Waals surface area contributed by atoms with Gasteiger partial charge < -0.3 is 10.5 Å². The smallest absolute Gasteiger partial charge is 0.360 e. The standard InChI is InChI=1S/C12H11ClFN3O2/c1-19-12(18)11-10(15)6-17(16-11)5-7-4-8(13)2-3-9(7)14/h2-4,6H,5,15H2,1H3. The minimum Gasteiger partial charge on any atom is -0.464 e. The van der Waals surface area contributed by atoms with Crippen LogP contribution in [0.4, 0.5) is 10.1 Å². The number of aromatic nitrogens is 2. The fourth-order valence-corrected chi connectivity index (χ4v) is 1.81. The lowest BCUT2D eigenvalue weighted by atomic mass is 10.2. The van der Waals surface area contributed by atoms with Gasteiger partial charge in [-0.1, -0.05) is 11.6 Å². The summed E-state index contributed by atoms with van der Waals surface area (Å²) in [7, 11) is 1.23. The predicted molar refractivity (Wildman–Crippen MR) is 68.5 cm³/mol. The monoisotopic (exact) mass is 283 g/mol. The molecule has 0 saturated carbocycles. The number of esters is 1. The normalized spacial score (nSPS) is 10.5. The molecule has 0 aliphatic carbocycles. The van der Waals surface area contributed by atoms with Gasteiger partial charge in [-0.25, -0.2) is 9.18 Å². The van der Waals surface area contributed by atoms with Gasteiger partial charge in [0.15, 0.2) is 5.69 Å². The Morgan fingerprint density at radius 3 is 3.00 bits per heavy atom. The van der Waals surface area contributed by atoms with Crippen LogP contribution in [0.15, 0.2) is 24.4 Å². The Hall–Kier alpha value is -2.08. The molecule has 0 spiro atoms. The zero-order chi connectivity index (χ0) is 14.0. The van der Waals surface area contributed by atoms with Crippen molar-refractivity contribution in [2.24, 2.45) is 0 Å². The van der Waals surface area contributed by atoms with Crippen LogP contribution in [-0.2, 0) is 11.3 Å². The Kier molecular flexibility index (Phi) is 3.71. The van der Waals surface area contributed by atoms with Crippen LogP contribution in [0, 0.1) is 5.82 Å². The summed E-state index contributed by atoms with van der Waals surface area (Å²) >= 11 is 5.80. The van der Waals surface area contributed by atoms with E-state index in [1.165, 1.54) is 36.2 Å². The van der Waals surface area contributed by atoms with Gasteiger partial charge in [0.1, 0.15) is 5.82 Å². The van der Waals surface area contributed by atoms with Crippen molar-refractivity contribution in [1.29, 1.82) is 0 Å². The van der Waals surface area contributed by atoms with E-state index in [9.17, 15) is 9.18 Å². The van der Waals surface area contributed by atoms with Gasteiger partial charge in [-0.05, 0) is 18.2 Å². The van der Waals surface area contributed by atoms with Gasteiger partial charge in [-0.3, -0.25) is 4.68 Å². The lowest BCUT2D eigenvalue weighted by Crippen LogP contribution is -2.07. The number of nitrogen functional groups attached to an aromatic ring is 1. The summed E-state index contributed by atoms with van der Waals surface area (Å²) in [6.07, 6.45) is 1.44. The van der Waals surface area contributed by atoms with Crippen molar-refractivity contribution in [1.82, 2.24) is 9.78 Å². The summed E-state index contributed by atoms with van der Waals surface area (Å²) < 4.78 is 19.5. The number of nitrogens with two attached hydrogens (primary N) is 1. The van der Waals surface area contributed by atoms with Crippen LogP contribution in [0.25, 0.3) is 0 Å². The SMILES string of the molecule is COC(=O)c1nn(Cc2cc(Cl)ccc2F)cc1N. The molecule has 100 valence electrons. The molecule has 2 N–H and O–H groups in total. The van der Waals surface area contributed by atoms with Crippen LogP contribution in [0.1, 0.15) is 16.1 Å². The van der Waals surface area contributed by atoms with E-state index >= 15 is 0 Å². The maximum atomic E-state index is 13.6. The van der Waals surface area contributed by atoms with Crippen molar-refractivity contribution in [2.45, 2.75) is 6.54 Å². The second-order valence-corrected chi connectivity index (χ2v) is 4.29. The number of anilines is 1. The van der Waals surface area contributed by atoms with Crippen LogP contribution < -0.4 is 5.73 Å². The number of halogens is 2. The third-order valence-electron chi connectivity index (χ3n) is 2.51. The molecule has 19 heavy (non-hydrogen) atoms. The number of nitrogens with zero attached hydrogens (tertiary/aromatic N) is 2. The van der Waals surface area contributed by atoms with Crippen LogP contribution in [-0.4, -0.2) is 22.9 Å². The van der Waals surface area contributed by atoms with Gasteiger partial charge in [0.25, 0.3) is 0 Å². The zero-order valence-electron chi connectivity index (χ0n) is 10.1. The van der Waals surface area contributed by atoms with Crippen molar-refractivity contribution in [3.63, 3.8) is 0 Å². The first-order valence-electron chi connectivity index (χ1n) is 5.36. The van der Waals surface area contributed by atoms with Crippen molar-refractivity contribution >= 4 is 23.3 Å². The van der Waals surface area contributed by atoms with Gasteiger partial charge in [-0.15, -0.1) is 0 Å². The molecule has 1 aromatic heterocycles. The number of carbonyl (C=O) groups excluding carboxylic acids is 1. The van der Waals surface area contributed by atoms with E-state index in [0.717, 1.165) is 0 Å². The highest BCUT2D eigenvalue weighted by Crippen LogP contribution is 2.17. The predicted octanol–water partition coefficient (Wildman–Crippen LogP) is 2.09. The number of carbonyl (C=O) groups is 1. The topological polar surface area (TPSA) is 70.1 Å². The molecule has 0 fully saturated rings. The van der Waals surface area contributed by atoms with E-state index in [-0.39, 0.29) is 17.9 Å². The summed E-state index contributed by atoms with van der Waals surface area (Å²) in [5.41, 5.74) is 6.17. The first kappa shape index (κ1) is 13.4. The largest absolute Gasteiger partial charge is 0.464 e. The number of rotatable bonds is 3. The molecular formula is C12H11ClFN3O2. The number of ether oxygens (including phenoxy) is 1. The lowest BCUT2D eigenvalue weighted by molar-refractivity contribution is 0.0594. The fourth-order valence-electron chi connectivity index (χ4n) is 1.61. The van der Waals surface area contributed by atoms with Gasteiger partial charge in [0, 0.05) is 16.8 Å². The number of hydrogen-bond donors (Lipinski definition) is 1. The van der Waals surface area contributed by atoms with E-state index in [1.54, 1.807) is 0 Å². The Morgan fingerprint density at radius 1 is 1.58 bits per heavy atom. The summed E-state index contributed by atoms with van der Waals surface area (Å²) in [5.74, 6) is -1.04. The molecule has 2 rings (SSSR count). The quantitative estimate of drug-likeness (QED) is 0.876. The highest BCUT2D eigenvalue weighted by atomic mass is 35.5. The maximum absolute atomic E-state index is 13.6. The molecule has 0 amide bonds. The molecule has 0 saturated heterocycles. The van der Waals surface area contributed by atoms with Crippen LogP contribution in [0.3, 0.4) is 0 Å². The van der Waals surface area contributed by atoms with Gasteiger partial charge in [-0.2, -0.15) is 5.10 Å². The Bertz CT molecular complexity index is 627. The third kappa shape index (κ3) is 2.85. The summed E-state index contributed by atoms with van der Waals surface area (Å²) in [5, 5.41) is 4.38. The molecule has 0 aliphatic rings. The van der Waals surface area contributed by atoms with Gasteiger partial charge in [0.05, 0.1) is 19.3 Å². The van der Waals surface area contributed by atoms with E-state index in [2.05, 4.69) is 9.84 Å². The average Bonchev–Trinajstić information content (AvgIpc) is 2.74. The Morgan fingerprint density at radius 2 is 2.32 bits per heavy atom. The molecule has 1 aromatic carbocycles. The van der Waals surface area contributed by atoms with Crippen molar-refractivity contribution in [2.75, 3.05) is 12.8 Å². The van der Waals surface area contributed by atoms with Gasteiger partial charge >= 0.3 is 5.97 Å². The molecule has 7 heteroatoms. The first-order chi connectivity index (χ1) is 9.01. The second-order valence-electron chi connectivity index (χ2n) is 3.86. The zero-order valence-corrected chi connectivity index (χ0v) is 10.8. The highest BCUT2D eigenvalue weighted by molar-refractivity contribution is 6.30. The van der Waals surface area contributed by atoms with Gasteiger partial charge in [0.2, 0.25) is 0 Å². The number of methoxy groups -OCH3 is 1. The summed E-state index contributed by atoms with van der Waals surface area (Å²) in [6, 6.07) is 4.22. The molecule has 0 radical (unpaired) electrons. The molecule has 0 atom stereocenters. The highest BCUT2D eigenvalue weighted by Gasteiger charge is 2.15. The average molecular weight is 284 g/mol. The second kappa shape index (κ2) is 5.27. The van der Waals surface area contributed by atoms with Crippen molar-refractivity contribution in [3.8, 4) is 0 Å². The first-order valence-corrected chi connectivity index (χ1v) is 5.74. The summed E-state index contributed by atoms with van der Waals surface area (Å²) in [6.45, 7) is 0.119. The van der Waals surface area contributed by atoms with E-state index in [0.29, 0.717) is 10.6 Å².